The molecule has 1 rings (SSSR count). The molecule has 0 aliphatic rings. The smallest absolute Gasteiger partial charge is 0.324 e. The van der Waals surface area contributed by atoms with Crippen LogP contribution in [0.4, 0.5) is 0 Å². The molecule has 0 aromatic heterocycles. The van der Waals surface area contributed by atoms with Gasteiger partial charge in [0.1, 0.15) is 6.04 Å². The summed E-state index contributed by atoms with van der Waals surface area (Å²) in [4.78, 5) is 11.7. The van der Waals surface area contributed by atoms with E-state index in [0.29, 0.717) is 19.6 Å². The number of hydrogen-bond acceptors (Lipinski definition) is 3. The topological polar surface area (TPSA) is 38.3 Å². The molecule has 0 aliphatic carbocycles. The van der Waals surface area contributed by atoms with Crippen LogP contribution < -0.4 is 5.32 Å². The van der Waals surface area contributed by atoms with Gasteiger partial charge in [-0.1, -0.05) is 37.3 Å². The van der Waals surface area contributed by atoms with Crippen molar-refractivity contribution in [3.63, 3.8) is 0 Å². The zero-order valence-electron chi connectivity index (χ0n) is 10.7. The molecule has 18 heavy (non-hydrogen) atoms. The van der Waals surface area contributed by atoms with E-state index in [1.54, 1.807) is 0 Å². The van der Waals surface area contributed by atoms with Crippen LogP contribution in [0.15, 0.2) is 30.3 Å². The van der Waals surface area contributed by atoms with E-state index in [4.69, 9.17) is 11.2 Å². The summed E-state index contributed by atoms with van der Waals surface area (Å²) in [6.45, 7) is 3.00. The van der Waals surface area contributed by atoms with Crippen molar-refractivity contribution in [2.45, 2.75) is 32.4 Å². The first-order valence-corrected chi connectivity index (χ1v) is 6.15. The van der Waals surface area contributed by atoms with E-state index in [1.807, 2.05) is 37.3 Å². The van der Waals surface area contributed by atoms with Gasteiger partial charge in [-0.25, -0.2) is 0 Å². The zero-order valence-corrected chi connectivity index (χ0v) is 10.7. The molecule has 1 unspecified atom stereocenters. The average molecular weight is 245 g/mol. The number of ether oxygens (including phenoxy) is 1. The highest BCUT2D eigenvalue weighted by Crippen LogP contribution is 2.01. The fraction of sp³-hybridized carbons (Fsp3) is 0.400. The maximum atomic E-state index is 11.7. The van der Waals surface area contributed by atoms with Gasteiger partial charge in [0.15, 0.2) is 0 Å². The maximum absolute atomic E-state index is 11.7. The number of nitrogens with one attached hydrogen (secondary N) is 1. The van der Waals surface area contributed by atoms with Crippen molar-refractivity contribution in [2.24, 2.45) is 0 Å². The van der Waals surface area contributed by atoms with Crippen LogP contribution in [0.2, 0.25) is 0 Å². The monoisotopic (exact) mass is 245 g/mol. The van der Waals surface area contributed by atoms with E-state index in [2.05, 4.69) is 11.2 Å². The van der Waals surface area contributed by atoms with Crippen LogP contribution >= 0.6 is 0 Å². The summed E-state index contributed by atoms with van der Waals surface area (Å²) >= 11 is 0. The Kier molecular flexibility index (Phi) is 6.60. The van der Waals surface area contributed by atoms with Crippen LogP contribution in [0.1, 0.15) is 25.3 Å². The first-order valence-electron chi connectivity index (χ1n) is 6.15. The molecule has 0 bridgehead atoms. The molecule has 1 atom stereocenters. The minimum absolute atomic E-state index is 0.272. The van der Waals surface area contributed by atoms with Gasteiger partial charge in [-0.15, -0.1) is 12.3 Å². The molecule has 0 saturated heterocycles. The lowest BCUT2D eigenvalue weighted by Crippen LogP contribution is -2.37. The van der Waals surface area contributed by atoms with Crippen LogP contribution in [0.3, 0.4) is 0 Å². The Morgan fingerprint density at radius 1 is 1.44 bits per heavy atom. The molecule has 0 spiro atoms. The van der Waals surface area contributed by atoms with Crippen LogP contribution in [0, 0.1) is 12.3 Å². The SMILES string of the molecule is C#CCC(NCc1ccccc1)C(=O)OCCC. The Bertz CT molecular complexity index is 395. The van der Waals surface area contributed by atoms with Gasteiger partial charge in [0.2, 0.25) is 0 Å². The van der Waals surface area contributed by atoms with Crippen LogP contribution in [0.5, 0.6) is 0 Å². The third-order valence-electron chi connectivity index (χ3n) is 2.45. The van der Waals surface area contributed by atoms with Gasteiger partial charge in [-0.05, 0) is 12.0 Å². The highest BCUT2D eigenvalue weighted by molar-refractivity contribution is 5.76. The Morgan fingerprint density at radius 3 is 2.78 bits per heavy atom. The zero-order chi connectivity index (χ0) is 13.2. The first kappa shape index (κ1) is 14.3. The van der Waals surface area contributed by atoms with Crippen molar-refractivity contribution in [2.75, 3.05) is 6.61 Å². The van der Waals surface area contributed by atoms with Gasteiger partial charge in [-0.2, -0.15) is 0 Å². The van der Waals surface area contributed by atoms with Crippen molar-refractivity contribution >= 4 is 5.97 Å². The molecule has 1 aromatic rings. The highest BCUT2D eigenvalue weighted by Gasteiger charge is 2.17. The molecule has 0 aliphatic heterocycles. The van der Waals surface area contributed by atoms with E-state index in [-0.39, 0.29) is 5.97 Å². The Balaban J connectivity index is 2.48. The van der Waals surface area contributed by atoms with E-state index in [0.717, 1.165) is 12.0 Å². The molecular formula is C15H19NO2. The summed E-state index contributed by atoms with van der Waals surface area (Å²) in [5.41, 5.74) is 1.11. The van der Waals surface area contributed by atoms with Crippen LogP contribution in [-0.2, 0) is 16.1 Å². The van der Waals surface area contributed by atoms with Gasteiger partial charge in [0.25, 0.3) is 0 Å². The van der Waals surface area contributed by atoms with Gasteiger partial charge >= 0.3 is 5.97 Å². The summed E-state index contributed by atoms with van der Waals surface area (Å²) in [6, 6.07) is 9.44. The summed E-state index contributed by atoms with van der Waals surface area (Å²) in [5.74, 6) is 2.23. The van der Waals surface area contributed by atoms with Crippen LogP contribution in [-0.4, -0.2) is 18.6 Å². The normalized spacial score (nSPS) is 11.6. The Labute approximate surface area is 109 Å². The summed E-state index contributed by atoms with van der Waals surface area (Å²) in [7, 11) is 0. The molecule has 0 fully saturated rings. The number of esters is 1. The number of benzene rings is 1. The van der Waals surface area contributed by atoms with E-state index >= 15 is 0 Å². The summed E-state index contributed by atoms with van der Waals surface area (Å²) in [5, 5.41) is 3.13. The molecular weight excluding hydrogens is 226 g/mol. The predicted octanol–water partition coefficient (Wildman–Crippen LogP) is 2.12. The second-order valence-electron chi connectivity index (χ2n) is 3.99. The number of hydrogen-bond donors (Lipinski definition) is 1. The second-order valence-corrected chi connectivity index (χ2v) is 3.99. The fourth-order valence-corrected chi connectivity index (χ4v) is 1.50. The third-order valence-corrected chi connectivity index (χ3v) is 2.45. The third kappa shape index (κ3) is 5.03. The Hall–Kier alpha value is -1.79. The summed E-state index contributed by atoms with van der Waals surface area (Å²) < 4.78 is 5.10. The van der Waals surface area contributed by atoms with Crippen molar-refractivity contribution in [1.29, 1.82) is 0 Å². The fourth-order valence-electron chi connectivity index (χ4n) is 1.50. The average Bonchev–Trinajstić information content (AvgIpc) is 2.42. The van der Waals surface area contributed by atoms with Crippen LogP contribution in [0.25, 0.3) is 0 Å². The number of terminal acetylenes is 1. The number of carbonyl (C=O) groups excluding carboxylic acids is 1. The summed E-state index contributed by atoms with van der Waals surface area (Å²) in [6.07, 6.45) is 6.42. The van der Waals surface area contributed by atoms with Crippen molar-refractivity contribution in [3.05, 3.63) is 35.9 Å². The molecule has 3 nitrogen and oxygen atoms in total. The quantitative estimate of drug-likeness (QED) is 0.590. The van der Waals surface area contributed by atoms with Gasteiger partial charge in [0, 0.05) is 13.0 Å². The number of rotatable bonds is 7. The Morgan fingerprint density at radius 2 is 2.17 bits per heavy atom. The minimum atomic E-state index is -0.429. The second kappa shape index (κ2) is 8.32. The van der Waals surface area contributed by atoms with E-state index in [1.165, 1.54) is 0 Å². The molecule has 0 saturated carbocycles. The minimum Gasteiger partial charge on any atom is -0.465 e. The van der Waals surface area contributed by atoms with Crippen molar-refractivity contribution in [1.82, 2.24) is 5.32 Å². The van der Waals surface area contributed by atoms with Gasteiger partial charge < -0.3 is 4.74 Å². The predicted molar refractivity (Wildman–Crippen MR) is 71.8 cm³/mol. The van der Waals surface area contributed by atoms with Crippen molar-refractivity contribution in [3.8, 4) is 12.3 Å². The maximum Gasteiger partial charge on any atom is 0.324 e. The largest absolute Gasteiger partial charge is 0.465 e. The van der Waals surface area contributed by atoms with Crippen molar-refractivity contribution < 1.29 is 9.53 Å². The molecule has 96 valence electrons. The molecule has 3 heteroatoms. The first-order chi connectivity index (χ1) is 8.77. The lowest BCUT2D eigenvalue weighted by atomic mass is 10.2. The number of carbonyl (C=O) groups is 1. The highest BCUT2D eigenvalue weighted by atomic mass is 16.5. The van der Waals surface area contributed by atoms with E-state index < -0.39 is 6.04 Å². The lowest BCUT2D eigenvalue weighted by Gasteiger charge is -2.15. The van der Waals surface area contributed by atoms with Gasteiger partial charge in [-0.3, -0.25) is 10.1 Å². The molecule has 0 radical (unpaired) electrons. The molecule has 0 heterocycles. The molecule has 0 amide bonds. The standard InChI is InChI=1S/C15H19NO2/c1-3-8-14(15(17)18-11-4-2)16-12-13-9-6-5-7-10-13/h1,5-7,9-10,14,16H,4,8,11-12H2,2H3. The van der Waals surface area contributed by atoms with E-state index in [9.17, 15) is 4.79 Å². The molecule has 1 aromatic carbocycles. The molecule has 1 N–H and O–H groups in total. The lowest BCUT2D eigenvalue weighted by molar-refractivity contribution is -0.146. The van der Waals surface area contributed by atoms with Gasteiger partial charge in [0.05, 0.1) is 6.61 Å².